The molecule has 0 spiro atoms. The van der Waals surface area contributed by atoms with Crippen molar-refractivity contribution >= 4 is 23.1 Å². The Hall–Kier alpha value is -1.37. The van der Waals surface area contributed by atoms with Gasteiger partial charge in [0, 0.05) is 6.54 Å². The first kappa shape index (κ1) is 14.7. The van der Waals surface area contributed by atoms with Gasteiger partial charge in [-0.05, 0) is 17.9 Å². The van der Waals surface area contributed by atoms with E-state index in [4.69, 9.17) is 0 Å². The van der Waals surface area contributed by atoms with Crippen molar-refractivity contribution < 1.29 is 13.7 Å². The molecule has 1 N–H and O–H groups in total. The first-order valence-electron chi connectivity index (χ1n) is 5.51. The number of thioether (sulfide) groups is 1. The van der Waals surface area contributed by atoms with Gasteiger partial charge in [0.2, 0.25) is 0 Å². The lowest BCUT2D eigenvalue weighted by Crippen LogP contribution is -2.07. The lowest BCUT2D eigenvalue weighted by Gasteiger charge is -2.08. The minimum Gasteiger partial charge on any atom is -0.380 e. The van der Waals surface area contributed by atoms with Crippen LogP contribution in [-0.2, 0) is 0 Å². The molecule has 1 aromatic rings. The molecule has 0 saturated heterocycles. The van der Waals surface area contributed by atoms with E-state index in [9.17, 15) is 18.9 Å². The fourth-order valence-corrected chi connectivity index (χ4v) is 2.00. The number of hydrogen-bond acceptors (Lipinski definition) is 4. The van der Waals surface area contributed by atoms with E-state index in [0.29, 0.717) is 18.7 Å². The van der Waals surface area contributed by atoms with Crippen molar-refractivity contribution in [3.8, 4) is 0 Å². The fourth-order valence-electron chi connectivity index (χ4n) is 1.37. The predicted molar refractivity (Wildman–Crippen MR) is 69.1 cm³/mol. The third-order valence-electron chi connectivity index (χ3n) is 2.21. The first-order valence-corrected chi connectivity index (χ1v) is 6.66. The summed E-state index contributed by atoms with van der Waals surface area (Å²) in [7, 11) is 0. The predicted octanol–water partition coefficient (Wildman–Crippen LogP) is 3.43. The van der Waals surface area contributed by atoms with Crippen molar-refractivity contribution in [2.45, 2.75) is 13.3 Å². The van der Waals surface area contributed by atoms with E-state index in [1.807, 2.05) is 6.92 Å². The molecule has 0 fully saturated rings. The summed E-state index contributed by atoms with van der Waals surface area (Å²) in [5, 5.41) is 13.0. The van der Waals surface area contributed by atoms with Crippen LogP contribution in [0, 0.1) is 21.7 Å². The Kier molecular flexibility index (Phi) is 5.84. The lowest BCUT2D eigenvalue weighted by atomic mass is 10.2. The monoisotopic (exact) mass is 276 g/mol. The number of halogens is 2. The first-order chi connectivity index (χ1) is 8.56. The Morgan fingerprint density at radius 1 is 1.39 bits per heavy atom. The average Bonchev–Trinajstić information content (AvgIpc) is 2.31. The smallest absolute Gasteiger partial charge is 0.275 e. The normalized spacial score (nSPS) is 10.4. The number of nitrogens with zero attached hydrogens (tertiary/aromatic N) is 1. The van der Waals surface area contributed by atoms with Crippen LogP contribution >= 0.6 is 11.8 Å². The van der Waals surface area contributed by atoms with Crippen LogP contribution in [0.4, 0.5) is 20.2 Å². The van der Waals surface area contributed by atoms with E-state index in [2.05, 4.69) is 5.32 Å². The number of nitro benzene ring substituents is 1. The highest BCUT2D eigenvalue weighted by molar-refractivity contribution is 7.99. The molecule has 100 valence electrons. The van der Waals surface area contributed by atoms with Crippen LogP contribution in [0.15, 0.2) is 12.1 Å². The van der Waals surface area contributed by atoms with Crippen molar-refractivity contribution in [1.82, 2.24) is 0 Å². The molecule has 0 heterocycles. The molecule has 0 aliphatic heterocycles. The van der Waals surface area contributed by atoms with Gasteiger partial charge >= 0.3 is 0 Å². The van der Waals surface area contributed by atoms with E-state index in [1.54, 1.807) is 11.8 Å². The topological polar surface area (TPSA) is 55.2 Å². The molecule has 0 saturated carbocycles. The molecule has 18 heavy (non-hydrogen) atoms. The Bertz CT molecular complexity index is 406. The van der Waals surface area contributed by atoms with Crippen molar-refractivity contribution in [2.24, 2.45) is 0 Å². The number of benzene rings is 1. The molecular formula is C11H14F2N2O2S. The lowest BCUT2D eigenvalue weighted by molar-refractivity contribution is -0.385. The minimum absolute atomic E-state index is 0.304. The quantitative estimate of drug-likeness (QED) is 0.471. The van der Waals surface area contributed by atoms with Crippen molar-refractivity contribution in [3.05, 3.63) is 33.9 Å². The maximum absolute atomic E-state index is 13.4. The second-order valence-corrected chi connectivity index (χ2v) is 4.91. The second kappa shape index (κ2) is 7.15. The Balaban J connectivity index is 2.63. The molecule has 7 heteroatoms. The van der Waals surface area contributed by atoms with Crippen LogP contribution in [0.5, 0.6) is 0 Å². The van der Waals surface area contributed by atoms with E-state index in [1.165, 1.54) is 0 Å². The maximum atomic E-state index is 13.4. The highest BCUT2D eigenvalue weighted by atomic mass is 32.2. The summed E-state index contributed by atoms with van der Waals surface area (Å²) in [5.74, 6) is 0.0228. The summed E-state index contributed by atoms with van der Waals surface area (Å²) >= 11 is 1.74. The highest BCUT2D eigenvalue weighted by Crippen LogP contribution is 2.24. The molecule has 0 aromatic heterocycles. The third-order valence-corrected chi connectivity index (χ3v) is 3.19. The maximum Gasteiger partial charge on any atom is 0.275 e. The van der Waals surface area contributed by atoms with E-state index < -0.39 is 22.2 Å². The van der Waals surface area contributed by atoms with Gasteiger partial charge in [-0.3, -0.25) is 10.1 Å². The molecule has 0 aliphatic carbocycles. The van der Waals surface area contributed by atoms with Crippen LogP contribution in [0.1, 0.15) is 13.3 Å². The molecule has 0 amide bonds. The van der Waals surface area contributed by atoms with E-state index in [-0.39, 0.29) is 5.69 Å². The number of hydrogen-bond donors (Lipinski definition) is 1. The number of rotatable bonds is 7. The van der Waals surface area contributed by atoms with Gasteiger partial charge in [-0.15, -0.1) is 0 Å². The molecule has 0 aliphatic rings. The van der Waals surface area contributed by atoms with Crippen LogP contribution in [0.3, 0.4) is 0 Å². The molecule has 0 bridgehead atoms. The molecule has 0 radical (unpaired) electrons. The average molecular weight is 276 g/mol. The molecule has 0 atom stereocenters. The van der Waals surface area contributed by atoms with Gasteiger partial charge in [0.25, 0.3) is 5.69 Å². The SMILES string of the molecule is CCSCCCNc1c(F)cc([N+](=O)[O-])cc1F. The van der Waals surface area contributed by atoms with Crippen LogP contribution < -0.4 is 5.32 Å². The Morgan fingerprint density at radius 3 is 2.50 bits per heavy atom. The largest absolute Gasteiger partial charge is 0.380 e. The third kappa shape index (κ3) is 4.14. The van der Waals surface area contributed by atoms with Gasteiger partial charge in [-0.1, -0.05) is 6.92 Å². The number of anilines is 1. The summed E-state index contributed by atoms with van der Waals surface area (Å²) in [6.45, 7) is 2.46. The zero-order chi connectivity index (χ0) is 13.5. The summed E-state index contributed by atoms with van der Waals surface area (Å²) in [5.41, 5.74) is -0.890. The van der Waals surface area contributed by atoms with Gasteiger partial charge in [0.1, 0.15) is 5.69 Å². The minimum atomic E-state index is -0.940. The number of non-ortho nitro benzene ring substituents is 1. The zero-order valence-electron chi connectivity index (χ0n) is 9.91. The molecule has 1 aromatic carbocycles. The highest BCUT2D eigenvalue weighted by Gasteiger charge is 2.16. The van der Waals surface area contributed by atoms with Crippen LogP contribution in [0.2, 0.25) is 0 Å². The van der Waals surface area contributed by atoms with Gasteiger partial charge in [-0.2, -0.15) is 11.8 Å². The molecule has 4 nitrogen and oxygen atoms in total. The summed E-state index contributed by atoms with van der Waals surface area (Å²) in [6.07, 6.45) is 0.772. The Morgan fingerprint density at radius 2 is 2.00 bits per heavy atom. The van der Waals surface area contributed by atoms with Crippen molar-refractivity contribution in [3.63, 3.8) is 0 Å². The van der Waals surface area contributed by atoms with Crippen LogP contribution in [0.25, 0.3) is 0 Å². The molecule has 1 rings (SSSR count). The fraction of sp³-hybridized carbons (Fsp3) is 0.455. The zero-order valence-corrected chi connectivity index (χ0v) is 10.7. The van der Waals surface area contributed by atoms with E-state index >= 15 is 0 Å². The molecule has 0 unspecified atom stereocenters. The van der Waals surface area contributed by atoms with Crippen molar-refractivity contribution in [2.75, 3.05) is 23.4 Å². The summed E-state index contributed by atoms with van der Waals surface area (Å²) in [4.78, 5) is 9.57. The van der Waals surface area contributed by atoms with Crippen molar-refractivity contribution in [1.29, 1.82) is 0 Å². The van der Waals surface area contributed by atoms with Gasteiger partial charge in [-0.25, -0.2) is 8.78 Å². The van der Waals surface area contributed by atoms with E-state index in [0.717, 1.165) is 17.9 Å². The summed E-state index contributed by atoms with van der Waals surface area (Å²) < 4.78 is 26.9. The van der Waals surface area contributed by atoms with Gasteiger partial charge in [0.05, 0.1) is 17.1 Å². The van der Waals surface area contributed by atoms with Gasteiger partial charge in [0.15, 0.2) is 11.6 Å². The standard InChI is InChI=1S/C11H14F2N2O2S/c1-2-18-5-3-4-14-11-9(12)6-8(15(16)17)7-10(11)13/h6-7,14H,2-5H2,1H3. The summed E-state index contributed by atoms with van der Waals surface area (Å²) in [6, 6.07) is 1.43. The van der Waals surface area contributed by atoms with Gasteiger partial charge < -0.3 is 5.32 Å². The molecular weight excluding hydrogens is 262 g/mol. The number of nitro groups is 1. The Labute approximate surface area is 108 Å². The number of nitrogens with one attached hydrogen (secondary N) is 1. The second-order valence-electron chi connectivity index (χ2n) is 3.52. The van der Waals surface area contributed by atoms with Crippen LogP contribution in [-0.4, -0.2) is 23.0 Å².